The van der Waals surface area contributed by atoms with Gasteiger partial charge in [0.1, 0.15) is 0 Å². The van der Waals surface area contributed by atoms with Crippen LogP contribution in [0.5, 0.6) is 0 Å². The van der Waals surface area contributed by atoms with Crippen LogP contribution >= 0.6 is 0 Å². The second kappa shape index (κ2) is 12.8. The van der Waals surface area contributed by atoms with Crippen molar-refractivity contribution in [3.8, 4) is 0 Å². The molecule has 0 atom stereocenters. The summed E-state index contributed by atoms with van der Waals surface area (Å²) in [5.74, 6) is -33.5. The summed E-state index contributed by atoms with van der Waals surface area (Å²) < 4.78 is 172. The minimum absolute atomic E-state index is 0. The molecule has 0 aromatic carbocycles. The van der Waals surface area contributed by atoms with Gasteiger partial charge in [-0.15, -0.1) is 11.5 Å². The molecule has 0 saturated carbocycles. The molecule has 0 aliphatic rings. The molecule has 0 spiro atoms. The Morgan fingerprint density at radius 1 is 0.487 bits per heavy atom. The third-order valence-electron chi connectivity index (χ3n) is 4.12. The number of alkyl halides is 14. The van der Waals surface area contributed by atoms with E-state index in [1.54, 1.807) is 0 Å². The van der Waals surface area contributed by atoms with Gasteiger partial charge in [0.2, 0.25) is 11.6 Å². The molecule has 224 valence electrons. The second-order valence-electron chi connectivity index (χ2n) is 9.54. The van der Waals surface area contributed by atoms with E-state index in [4.69, 9.17) is 0 Å². The van der Waals surface area contributed by atoms with Crippen molar-refractivity contribution in [2.24, 2.45) is 10.8 Å². The summed E-state index contributed by atoms with van der Waals surface area (Å²) in [7, 11) is 0. The third kappa shape index (κ3) is 10.1. The molecule has 0 radical (unpaired) electrons. The van der Waals surface area contributed by atoms with Crippen LogP contribution in [0.1, 0.15) is 41.5 Å². The number of carbonyl (C=O) groups is 2. The van der Waals surface area contributed by atoms with Gasteiger partial charge in [-0.25, -0.2) is 0 Å². The van der Waals surface area contributed by atoms with Crippen LogP contribution in [-0.4, -0.2) is 93.1 Å². The SMILES string of the molecule is CC(C)(C)/C([O-])=C/C(=O)C(F)(F)C(F)(F)C(F)(F)F.CC(C)(C)/C([O-])=C\C(=O)C(F)(F)C(F)(F)C(F)(F)F.[Sr+2]. The topological polar surface area (TPSA) is 80.3 Å². The molecule has 39 heavy (non-hydrogen) atoms. The number of hydrogen-bond acceptors (Lipinski definition) is 4. The van der Waals surface area contributed by atoms with Crippen molar-refractivity contribution in [1.82, 2.24) is 0 Å². The summed E-state index contributed by atoms with van der Waals surface area (Å²) in [4.78, 5) is 21.6. The normalized spacial score (nSPS) is 15.2. The first kappa shape index (κ1) is 42.4. The zero-order valence-electron chi connectivity index (χ0n) is 20.8. The van der Waals surface area contributed by atoms with Gasteiger partial charge in [0.15, 0.2) is 0 Å². The Morgan fingerprint density at radius 3 is 0.795 bits per heavy atom. The largest absolute Gasteiger partial charge is 2.00 e. The summed E-state index contributed by atoms with van der Waals surface area (Å²) in [5, 5.41) is 22.3. The van der Waals surface area contributed by atoms with Gasteiger partial charge in [0.05, 0.1) is 0 Å². The van der Waals surface area contributed by atoms with Gasteiger partial charge >= 0.3 is 81.5 Å². The zero-order chi connectivity index (χ0) is 31.7. The molecule has 0 fully saturated rings. The molecule has 0 N–H and O–H groups in total. The predicted octanol–water partition coefficient (Wildman–Crippen LogP) is 4.98. The molecular formula is C20H20F14O4Sr. The van der Waals surface area contributed by atoms with Crippen LogP contribution in [0.25, 0.3) is 0 Å². The van der Waals surface area contributed by atoms with Gasteiger partial charge in [-0.1, -0.05) is 41.5 Å². The van der Waals surface area contributed by atoms with E-state index in [1.807, 2.05) is 0 Å². The Labute approximate surface area is 249 Å². The van der Waals surface area contributed by atoms with Gasteiger partial charge < -0.3 is 10.2 Å². The van der Waals surface area contributed by atoms with Crippen LogP contribution in [0.2, 0.25) is 0 Å². The maximum Gasteiger partial charge on any atom is 2.00 e. The van der Waals surface area contributed by atoms with Crippen LogP contribution in [0, 0.1) is 10.8 Å². The first-order chi connectivity index (χ1) is 16.1. The van der Waals surface area contributed by atoms with Crippen molar-refractivity contribution in [1.29, 1.82) is 0 Å². The molecule has 19 heteroatoms. The molecule has 0 aromatic rings. The predicted molar refractivity (Wildman–Crippen MR) is 103 cm³/mol. The Hall–Kier alpha value is -1.08. The van der Waals surface area contributed by atoms with Crippen LogP contribution in [0.4, 0.5) is 61.5 Å². The number of ketones is 2. The average molecular weight is 678 g/mol. The minimum atomic E-state index is -6.61. The Balaban J connectivity index is -0.000000648. The smallest absolute Gasteiger partial charge is 0.875 e. The number of halogens is 14. The molecule has 0 aliphatic carbocycles. The zero-order valence-corrected chi connectivity index (χ0v) is 24.3. The van der Waals surface area contributed by atoms with Gasteiger partial charge in [-0.2, -0.15) is 61.5 Å². The minimum Gasteiger partial charge on any atom is -0.875 e. The molecule has 0 aromatic heterocycles. The van der Waals surface area contributed by atoms with Crippen molar-refractivity contribution >= 4 is 57.0 Å². The Bertz CT molecular complexity index is 858. The number of hydrogen-bond donors (Lipinski definition) is 0. The molecule has 0 bridgehead atoms. The van der Waals surface area contributed by atoms with Gasteiger partial charge in [-0.05, 0) is 23.0 Å². The van der Waals surface area contributed by atoms with Crippen LogP contribution in [0.3, 0.4) is 0 Å². The summed E-state index contributed by atoms with van der Waals surface area (Å²) in [6.07, 6.45) is -14.1. The van der Waals surface area contributed by atoms with Crippen molar-refractivity contribution in [2.45, 2.75) is 77.6 Å². The molecule has 0 rings (SSSR count). The second-order valence-corrected chi connectivity index (χ2v) is 9.54. The fourth-order valence-electron chi connectivity index (χ4n) is 1.52. The van der Waals surface area contributed by atoms with E-state index < -0.39 is 82.1 Å². The monoisotopic (exact) mass is 678 g/mol. The Kier molecular flexibility index (Phi) is 14.0. The molecule has 0 heterocycles. The molecule has 0 amide bonds. The van der Waals surface area contributed by atoms with Crippen LogP contribution in [0.15, 0.2) is 23.7 Å². The van der Waals surface area contributed by atoms with E-state index >= 15 is 0 Å². The van der Waals surface area contributed by atoms with E-state index in [-0.39, 0.29) is 45.5 Å². The van der Waals surface area contributed by atoms with E-state index in [0.717, 1.165) is 0 Å². The van der Waals surface area contributed by atoms with E-state index in [1.165, 1.54) is 41.5 Å². The first-order valence-electron chi connectivity index (χ1n) is 9.62. The molecule has 0 saturated heterocycles. The summed E-state index contributed by atoms with van der Waals surface area (Å²) in [6, 6.07) is 0. The van der Waals surface area contributed by atoms with Gasteiger partial charge in [0.25, 0.3) is 0 Å². The average Bonchev–Trinajstić information content (AvgIpc) is 2.64. The maximum absolute atomic E-state index is 12.8. The fraction of sp³-hybridized carbons (Fsp3) is 0.700. The standard InChI is InChI=1S/2C10H11F7O2.Sr/c2*1-7(2,3)5(18)4-6(19)8(11,12)9(13,14)10(15,16)17;/h2*4,18H,1-3H3;/q;;+2/p-2/b5-4+;5-4-;. The fourth-order valence-corrected chi connectivity index (χ4v) is 1.52. The quantitative estimate of drug-likeness (QED) is 0.172. The number of carbonyl (C=O) groups excluding carboxylic acids is 2. The molecule has 0 unspecified atom stereocenters. The number of rotatable bonds is 6. The maximum atomic E-state index is 12.8. The summed E-state index contributed by atoms with van der Waals surface area (Å²) >= 11 is 0. The van der Waals surface area contributed by atoms with Crippen molar-refractivity contribution in [2.75, 3.05) is 0 Å². The summed E-state index contributed by atoms with van der Waals surface area (Å²) in [6.45, 7) is 7.08. The molecular weight excluding hydrogens is 658 g/mol. The van der Waals surface area contributed by atoms with Crippen molar-refractivity contribution in [3.05, 3.63) is 23.7 Å². The van der Waals surface area contributed by atoms with Gasteiger partial charge in [0, 0.05) is 0 Å². The first-order valence-corrected chi connectivity index (χ1v) is 9.62. The third-order valence-corrected chi connectivity index (χ3v) is 4.12. The van der Waals surface area contributed by atoms with Crippen LogP contribution < -0.4 is 10.2 Å². The summed E-state index contributed by atoms with van der Waals surface area (Å²) in [5.41, 5.74) is -2.72. The van der Waals surface area contributed by atoms with Crippen molar-refractivity contribution in [3.63, 3.8) is 0 Å². The molecule has 0 aliphatic heterocycles. The Morgan fingerprint density at radius 2 is 0.667 bits per heavy atom. The molecule has 4 nitrogen and oxygen atoms in total. The van der Waals surface area contributed by atoms with Crippen LogP contribution in [-0.2, 0) is 9.59 Å². The van der Waals surface area contributed by atoms with Gasteiger partial charge in [-0.3, -0.25) is 9.59 Å². The van der Waals surface area contributed by atoms with E-state index in [2.05, 4.69) is 0 Å². The van der Waals surface area contributed by atoms with Crippen molar-refractivity contribution < 1.29 is 81.3 Å². The van der Waals surface area contributed by atoms with E-state index in [0.29, 0.717) is 0 Å². The van der Waals surface area contributed by atoms with E-state index in [9.17, 15) is 81.3 Å². The number of allylic oxidation sites excluding steroid dienone is 4.